The first-order valence-corrected chi connectivity index (χ1v) is 10.5. The summed E-state index contributed by atoms with van der Waals surface area (Å²) in [4.78, 5) is 15.5. The predicted molar refractivity (Wildman–Crippen MR) is 122 cm³/mol. The molecule has 6 heteroatoms. The quantitative estimate of drug-likeness (QED) is 0.428. The summed E-state index contributed by atoms with van der Waals surface area (Å²) < 4.78 is 3.77. The van der Waals surface area contributed by atoms with E-state index in [2.05, 4.69) is 22.1 Å². The summed E-state index contributed by atoms with van der Waals surface area (Å²) in [7, 11) is 2.03. The van der Waals surface area contributed by atoms with Gasteiger partial charge in [0.25, 0.3) is 5.56 Å². The van der Waals surface area contributed by atoms with Gasteiger partial charge < -0.3 is 9.47 Å². The van der Waals surface area contributed by atoms with Crippen molar-refractivity contribution >= 4 is 22.5 Å². The third-order valence-electron chi connectivity index (χ3n) is 5.31. The lowest BCUT2D eigenvalue weighted by molar-refractivity contribution is 0.303. The summed E-state index contributed by atoms with van der Waals surface area (Å²) in [5, 5.41) is 5.91. The predicted octanol–water partition coefficient (Wildman–Crippen LogP) is 4.23. The van der Waals surface area contributed by atoms with E-state index in [0.717, 1.165) is 36.0 Å². The van der Waals surface area contributed by atoms with Crippen LogP contribution in [-0.2, 0) is 26.1 Å². The molecule has 2 aromatic heterocycles. The third-order valence-corrected chi connectivity index (χ3v) is 5.55. The van der Waals surface area contributed by atoms with Gasteiger partial charge in [-0.05, 0) is 48.7 Å². The van der Waals surface area contributed by atoms with E-state index in [1.807, 2.05) is 71.0 Å². The first-order chi connectivity index (χ1) is 14.6. The fourth-order valence-electron chi connectivity index (χ4n) is 3.70. The Morgan fingerprint density at radius 3 is 2.63 bits per heavy atom. The Morgan fingerprint density at radius 2 is 1.87 bits per heavy atom. The maximum Gasteiger partial charge on any atom is 0.255 e. The highest BCUT2D eigenvalue weighted by atomic mass is 35.5. The maximum atomic E-state index is 13.4. The lowest BCUT2D eigenvalue weighted by Crippen LogP contribution is -2.30. The molecule has 0 bridgehead atoms. The van der Waals surface area contributed by atoms with E-state index < -0.39 is 0 Å². The van der Waals surface area contributed by atoms with Crippen LogP contribution in [0.15, 0.2) is 77.9 Å². The van der Waals surface area contributed by atoms with Crippen molar-refractivity contribution in [2.24, 2.45) is 0 Å². The number of fused-ring (bicyclic) bond motifs is 1. The van der Waals surface area contributed by atoms with Gasteiger partial charge in [0, 0.05) is 42.6 Å². The highest BCUT2D eigenvalue weighted by molar-refractivity contribution is 6.31. The largest absolute Gasteiger partial charge is 0.308 e. The van der Waals surface area contributed by atoms with Crippen molar-refractivity contribution in [1.82, 2.24) is 19.2 Å². The number of hydrogen-bond donors (Lipinski definition) is 0. The molecule has 5 nitrogen and oxygen atoms in total. The van der Waals surface area contributed by atoms with Crippen LogP contribution in [0.3, 0.4) is 0 Å². The Kier molecular flexibility index (Phi) is 6.31. The SMILES string of the molecule is CN(CCn1cccn1)Cc1cc2ccc(Cl)cc2n(CCc2ccccc2)c1=O. The second-order valence-electron chi connectivity index (χ2n) is 7.57. The summed E-state index contributed by atoms with van der Waals surface area (Å²) in [6.45, 7) is 2.80. The van der Waals surface area contributed by atoms with E-state index in [4.69, 9.17) is 11.6 Å². The highest BCUT2D eigenvalue weighted by Gasteiger charge is 2.12. The maximum absolute atomic E-state index is 13.4. The van der Waals surface area contributed by atoms with Crippen LogP contribution in [-0.4, -0.2) is 32.8 Å². The number of pyridine rings is 1. The van der Waals surface area contributed by atoms with Crippen molar-refractivity contribution in [1.29, 1.82) is 0 Å². The van der Waals surface area contributed by atoms with E-state index in [0.29, 0.717) is 18.1 Å². The van der Waals surface area contributed by atoms with E-state index in [1.54, 1.807) is 6.20 Å². The van der Waals surface area contributed by atoms with Gasteiger partial charge in [-0.2, -0.15) is 5.10 Å². The van der Waals surface area contributed by atoms with Gasteiger partial charge in [0.2, 0.25) is 0 Å². The Labute approximate surface area is 181 Å². The zero-order chi connectivity index (χ0) is 20.9. The first-order valence-electron chi connectivity index (χ1n) is 10.1. The van der Waals surface area contributed by atoms with Gasteiger partial charge in [0.1, 0.15) is 0 Å². The molecule has 0 radical (unpaired) electrons. The molecular formula is C24H25ClN4O. The number of nitrogens with zero attached hydrogens (tertiary/aromatic N) is 4. The van der Waals surface area contributed by atoms with Crippen molar-refractivity contribution in [2.75, 3.05) is 13.6 Å². The molecule has 0 spiro atoms. The van der Waals surface area contributed by atoms with Crippen molar-refractivity contribution in [3.8, 4) is 0 Å². The van der Waals surface area contributed by atoms with E-state index in [9.17, 15) is 4.79 Å². The summed E-state index contributed by atoms with van der Waals surface area (Å²) in [6.07, 6.45) is 4.52. The lowest BCUT2D eigenvalue weighted by atomic mass is 10.1. The fourth-order valence-corrected chi connectivity index (χ4v) is 3.87. The van der Waals surface area contributed by atoms with Crippen molar-refractivity contribution in [3.05, 3.63) is 99.6 Å². The molecule has 0 amide bonds. The van der Waals surface area contributed by atoms with Gasteiger partial charge >= 0.3 is 0 Å². The molecule has 154 valence electrons. The summed E-state index contributed by atoms with van der Waals surface area (Å²) in [5.41, 5.74) is 2.93. The Morgan fingerprint density at radius 1 is 1.03 bits per heavy atom. The van der Waals surface area contributed by atoms with Gasteiger partial charge in [-0.25, -0.2) is 0 Å². The highest BCUT2D eigenvalue weighted by Crippen LogP contribution is 2.20. The molecule has 2 aromatic carbocycles. The molecule has 0 N–H and O–H groups in total. The number of benzene rings is 2. The van der Waals surface area contributed by atoms with Crippen molar-refractivity contribution in [3.63, 3.8) is 0 Å². The molecular weight excluding hydrogens is 396 g/mol. The van der Waals surface area contributed by atoms with E-state index in [-0.39, 0.29) is 5.56 Å². The summed E-state index contributed by atoms with van der Waals surface area (Å²) in [5.74, 6) is 0. The van der Waals surface area contributed by atoms with E-state index >= 15 is 0 Å². The minimum Gasteiger partial charge on any atom is -0.308 e. The second-order valence-corrected chi connectivity index (χ2v) is 8.01. The molecule has 0 atom stereocenters. The number of rotatable bonds is 8. The average Bonchev–Trinajstić information content (AvgIpc) is 3.27. The zero-order valence-corrected chi connectivity index (χ0v) is 17.8. The average molecular weight is 421 g/mol. The Bertz CT molecular complexity index is 1170. The molecule has 0 unspecified atom stereocenters. The smallest absolute Gasteiger partial charge is 0.255 e. The molecule has 30 heavy (non-hydrogen) atoms. The minimum absolute atomic E-state index is 0.0478. The number of likely N-dealkylation sites (N-methyl/N-ethyl adjacent to an activating group) is 1. The molecule has 2 heterocycles. The molecule has 0 aliphatic heterocycles. The van der Waals surface area contributed by atoms with Crippen LogP contribution in [0.1, 0.15) is 11.1 Å². The molecule has 0 aliphatic carbocycles. The van der Waals surface area contributed by atoms with Gasteiger partial charge in [-0.15, -0.1) is 0 Å². The number of halogens is 1. The molecule has 0 saturated carbocycles. The fraction of sp³-hybridized carbons (Fsp3) is 0.250. The van der Waals surface area contributed by atoms with Crippen LogP contribution >= 0.6 is 11.6 Å². The van der Waals surface area contributed by atoms with E-state index in [1.165, 1.54) is 5.56 Å². The first kappa shape index (κ1) is 20.4. The van der Waals surface area contributed by atoms with Gasteiger partial charge in [0.05, 0.1) is 12.1 Å². The third kappa shape index (κ3) is 4.81. The second kappa shape index (κ2) is 9.28. The van der Waals surface area contributed by atoms with Crippen molar-refractivity contribution < 1.29 is 0 Å². The molecule has 0 fully saturated rings. The Hall–Kier alpha value is -2.89. The van der Waals surface area contributed by atoms with Crippen LogP contribution in [0.4, 0.5) is 0 Å². The van der Waals surface area contributed by atoms with Crippen LogP contribution < -0.4 is 5.56 Å². The standard InChI is InChI=1S/C24H25ClN4O/c1-27(14-15-28-12-5-11-26-28)18-21-16-20-8-9-22(25)17-23(20)29(24(21)30)13-10-19-6-3-2-4-7-19/h2-9,11-12,16-17H,10,13-15,18H2,1H3. The number of aromatic nitrogens is 3. The van der Waals surface area contributed by atoms with Gasteiger partial charge in [-0.3, -0.25) is 9.48 Å². The van der Waals surface area contributed by atoms with Crippen LogP contribution in [0, 0.1) is 0 Å². The summed E-state index contributed by atoms with van der Waals surface area (Å²) >= 11 is 6.24. The molecule has 4 rings (SSSR count). The minimum atomic E-state index is 0.0478. The molecule has 4 aromatic rings. The monoisotopic (exact) mass is 420 g/mol. The van der Waals surface area contributed by atoms with Crippen molar-refractivity contribution in [2.45, 2.75) is 26.1 Å². The lowest BCUT2D eigenvalue weighted by Gasteiger charge is -2.19. The number of aryl methyl sites for hydroxylation is 2. The summed E-state index contributed by atoms with van der Waals surface area (Å²) in [6, 6.07) is 19.9. The van der Waals surface area contributed by atoms with Crippen LogP contribution in [0.2, 0.25) is 5.02 Å². The van der Waals surface area contributed by atoms with Crippen LogP contribution in [0.25, 0.3) is 10.9 Å². The zero-order valence-electron chi connectivity index (χ0n) is 17.0. The molecule has 0 saturated heterocycles. The van der Waals surface area contributed by atoms with Crippen LogP contribution in [0.5, 0.6) is 0 Å². The normalized spacial score (nSPS) is 11.4. The molecule has 0 aliphatic rings. The Balaban J connectivity index is 1.60. The van der Waals surface area contributed by atoms with Gasteiger partial charge in [0.15, 0.2) is 0 Å². The number of hydrogen-bond acceptors (Lipinski definition) is 3. The van der Waals surface area contributed by atoms with Gasteiger partial charge in [-0.1, -0.05) is 48.0 Å². The topological polar surface area (TPSA) is 43.1 Å².